The zero-order valence-corrected chi connectivity index (χ0v) is 12.3. The number of carbonyl (C=O) groups is 1. The average Bonchev–Trinajstić information content (AvgIpc) is 2.37. The van der Waals surface area contributed by atoms with E-state index in [-0.39, 0.29) is 5.41 Å². The SMILES string of the molecule is O=C(N1CCS(=O)CC1)C12CC3CC(CC(C3)C1)C2. The van der Waals surface area contributed by atoms with Gasteiger partial charge in [-0.15, -0.1) is 0 Å². The maximum atomic E-state index is 13.0. The van der Waals surface area contributed by atoms with Gasteiger partial charge in [-0.05, 0) is 56.3 Å². The van der Waals surface area contributed by atoms with E-state index < -0.39 is 10.8 Å². The zero-order chi connectivity index (χ0) is 13.0. The van der Waals surface area contributed by atoms with Crippen molar-refractivity contribution in [3.63, 3.8) is 0 Å². The molecular weight excluding hydrogens is 258 g/mol. The minimum Gasteiger partial charge on any atom is -0.340 e. The summed E-state index contributed by atoms with van der Waals surface area (Å²) in [5, 5.41) is 0. The molecule has 4 bridgehead atoms. The molecule has 1 heterocycles. The van der Waals surface area contributed by atoms with E-state index in [0.717, 1.165) is 50.1 Å². The fraction of sp³-hybridized carbons (Fsp3) is 0.933. The van der Waals surface area contributed by atoms with Crippen LogP contribution < -0.4 is 0 Å². The highest BCUT2D eigenvalue weighted by Gasteiger charge is 2.55. The molecule has 5 aliphatic rings. The summed E-state index contributed by atoms with van der Waals surface area (Å²) in [6, 6.07) is 0. The molecule has 0 spiro atoms. The van der Waals surface area contributed by atoms with E-state index >= 15 is 0 Å². The number of rotatable bonds is 1. The van der Waals surface area contributed by atoms with Crippen LogP contribution in [0.4, 0.5) is 0 Å². The molecule has 19 heavy (non-hydrogen) atoms. The Morgan fingerprint density at radius 2 is 1.42 bits per heavy atom. The summed E-state index contributed by atoms with van der Waals surface area (Å²) in [5.74, 6) is 4.29. The Hall–Kier alpha value is -0.380. The molecule has 1 saturated heterocycles. The first kappa shape index (κ1) is 12.4. The summed E-state index contributed by atoms with van der Waals surface area (Å²) >= 11 is 0. The van der Waals surface area contributed by atoms with Crippen LogP contribution in [0, 0.1) is 23.2 Å². The van der Waals surface area contributed by atoms with Crippen molar-refractivity contribution in [3.05, 3.63) is 0 Å². The molecule has 0 aromatic heterocycles. The molecule has 0 atom stereocenters. The maximum absolute atomic E-state index is 13.0. The summed E-state index contributed by atoms with van der Waals surface area (Å²) in [6.45, 7) is 1.46. The molecule has 0 aromatic rings. The predicted molar refractivity (Wildman–Crippen MR) is 75.1 cm³/mol. The van der Waals surface area contributed by atoms with Crippen LogP contribution in [0.2, 0.25) is 0 Å². The van der Waals surface area contributed by atoms with Crippen LogP contribution in [-0.2, 0) is 15.6 Å². The van der Waals surface area contributed by atoms with Gasteiger partial charge in [0.2, 0.25) is 5.91 Å². The van der Waals surface area contributed by atoms with Crippen molar-refractivity contribution in [1.82, 2.24) is 4.90 Å². The van der Waals surface area contributed by atoms with Crippen molar-refractivity contribution >= 4 is 16.7 Å². The molecule has 106 valence electrons. The fourth-order valence-electron chi connectivity index (χ4n) is 5.55. The normalized spacial score (nSPS) is 45.7. The van der Waals surface area contributed by atoms with Crippen LogP contribution in [0.5, 0.6) is 0 Å². The van der Waals surface area contributed by atoms with Crippen molar-refractivity contribution in [3.8, 4) is 0 Å². The Bertz CT molecular complexity index is 389. The van der Waals surface area contributed by atoms with Crippen LogP contribution in [-0.4, -0.2) is 39.6 Å². The highest BCUT2D eigenvalue weighted by atomic mass is 32.2. The van der Waals surface area contributed by atoms with Gasteiger partial charge in [0.15, 0.2) is 0 Å². The first-order valence-electron chi connectivity index (χ1n) is 7.79. The van der Waals surface area contributed by atoms with Gasteiger partial charge < -0.3 is 4.90 Å². The Morgan fingerprint density at radius 1 is 0.947 bits per heavy atom. The second-order valence-corrected chi connectivity index (χ2v) is 9.03. The lowest BCUT2D eigenvalue weighted by molar-refractivity contribution is -0.157. The smallest absolute Gasteiger partial charge is 0.228 e. The largest absolute Gasteiger partial charge is 0.340 e. The molecule has 4 aliphatic carbocycles. The van der Waals surface area contributed by atoms with E-state index in [1.807, 2.05) is 4.90 Å². The lowest BCUT2D eigenvalue weighted by Gasteiger charge is -2.56. The topological polar surface area (TPSA) is 37.4 Å². The lowest BCUT2D eigenvalue weighted by Crippen LogP contribution is -2.56. The first-order chi connectivity index (χ1) is 9.14. The van der Waals surface area contributed by atoms with E-state index in [0.29, 0.717) is 17.4 Å². The Morgan fingerprint density at radius 3 is 1.89 bits per heavy atom. The van der Waals surface area contributed by atoms with Crippen molar-refractivity contribution < 1.29 is 9.00 Å². The molecule has 5 rings (SSSR count). The number of amides is 1. The molecule has 1 aliphatic heterocycles. The van der Waals surface area contributed by atoms with Gasteiger partial charge in [0.05, 0.1) is 5.41 Å². The van der Waals surface area contributed by atoms with Gasteiger partial charge in [0.25, 0.3) is 0 Å². The number of nitrogens with zero attached hydrogens (tertiary/aromatic N) is 1. The van der Waals surface area contributed by atoms with E-state index in [9.17, 15) is 9.00 Å². The number of carbonyl (C=O) groups excluding carboxylic acids is 1. The minimum absolute atomic E-state index is 0.00637. The third-order valence-corrected chi connectivity index (χ3v) is 7.23. The van der Waals surface area contributed by atoms with Gasteiger partial charge in [0, 0.05) is 35.4 Å². The average molecular weight is 281 g/mol. The Labute approximate surface area is 117 Å². The van der Waals surface area contributed by atoms with E-state index in [4.69, 9.17) is 0 Å². The summed E-state index contributed by atoms with van der Waals surface area (Å²) < 4.78 is 11.5. The van der Waals surface area contributed by atoms with E-state index in [2.05, 4.69) is 0 Å². The van der Waals surface area contributed by atoms with Crippen molar-refractivity contribution in [2.45, 2.75) is 38.5 Å². The van der Waals surface area contributed by atoms with Gasteiger partial charge in [-0.2, -0.15) is 0 Å². The molecule has 4 saturated carbocycles. The van der Waals surface area contributed by atoms with Gasteiger partial charge in [-0.25, -0.2) is 0 Å². The van der Waals surface area contributed by atoms with Crippen molar-refractivity contribution in [2.75, 3.05) is 24.6 Å². The molecule has 0 unspecified atom stereocenters. The highest BCUT2D eigenvalue weighted by molar-refractivity contribution is 7.85. The van der Waals surface area contributed by atoms with Gasteiger partial charge in [-0.1, -0.05) is 0 Å². The van der Waals surface area contributed by atoms with Crippen LogP contribution in [0.1, 0.15) is 38.5 Å². The molecule has 0 aromatic carbocycles. The third kappa shape index (κ3) is 1.98. The summed E-state index contributed by atoms with van der Waals surface area (Å²) in [6.07, 6.45) is 7.61. The van der Waals surface area contributed by atoms with Gasteiger partial charge in [0.1, 0.15) is 0 Å². The van der Waals surface area contributed by atoms with Crippen LogP contribution in [0.25, 0.3) is 0 Å². The van der Waals surface area contributed by atoms with Crippen molar-refractivity contribution in [2.24, 2.45) is 23.2 Å². The lowest BCUT2D eigenvalue weighted by atomic mass is 9.49. The minimum atomic E-state index is -0.683. The van der Waals surface area contributed by atoms with E-state index in [1.54, 1.807) is 0 Å². The Balaban J connectivity index is 1.54. The predicted octanol–water partition coefficient (Wildman–Crippen LogP) is 1.79. The number of hydrogen-bond acceptors (Lipinski definition) is 2. The summed E-state index contributed by atoms with van der Waals surface area (Å²) in [4.78, 5) is 15.0. The monoisotopic (exact) mass is 281 g/mol. The Kier molecular flexibility index (Phi) is 2.80. The summed E-state index contributed by atoms with van der Waals surface area (Å²) in [5.41, 5.74) is -0.00637. The standard InChI is InChI=1S/C15H23NO2S/c17-14(16-1-3-19(18)4-2-16)15-8-11-5-12(9-15)7-13(6-11)10-15/h11-13H,1-10H2. The second kappa shape index (κ2) is 4.31. The highest BCUT2D eigenvalue weighted by Crippen LogP contribution is 2.60. The third-order valence-electron chi connectivity index (χ3n) is 5.96. The number of hydrogen-bond donors (Lipinski definition) is 0. The van der Waals surface area contributed by atoms with Gasteiger partial charge >= 0.3 is 0 Å². The molecular formula is C15H23NO2S. The second-order valence-electron chi connectivity index (χ2n) is 7.34. The molecule has 0 N–H and O–H groups in total. The van der Waals surface area contributed by atoms with Crippen LogP contribution in [0.3, 0.4) is 0 Å². The van der Waals surface area contributed by atoms with Crippen LogP contribution in [0.15, 0.2) is 0 Å². The fourth-order valence-corrected chi connectivity index (χ4v) is 6.60. The molecule has 0 radical (unpaired) electrons. The first-order valence-corrected chi connectivity index (χ1v) is 9.28. The molecule has 1 amide bonds. The van der Waals surface area contributed by atoms with Crippen molar-refractivity contribution in [1.29, 1.82) is 0 Å². The van der Waals surface area contributed by atoms with E-state index in [1.165, 1.54) is 19.3 Å². The maximum Gasteiger partial charge on any atom is 0.228 e. The van der Waals surface area contributed by atoms with Gasteiger partial charge in [-0.3, -0.25) is 9.00 Å². The quantitative estimate of drug-likeness (QED) is 0.735. The zero-order valence-electron chi connectivity index (χ0n) is 11.5. The summed E-state index contributed by atoms with van der Waals surface area (Å²) in [7, 11) is -0.683. The molecule has 3 nitrogen and oxygen atoms in total. The van der Waals surface area contributed by atoms with Crippen LogP contribution >= 0.6 is 0 Å². The molecule has 5 fully saturated rings. The molecule has 4 heteroatoms.